The van der Waals surface area contributed by atoms with Gasteiger partial charge in [0.15, 0.2) is 0 Å². The first kappa shape index (κ1) is 20.4. The van der Waals surface area contributed by atoms with Gasteiger partial charge in [-0.3, -0.25) is 19.2 Å². The molecule has 1 aromatic heterocycles. The Hall–Kier alpha value is -1.89. The summed E-state index contributed by atoms with van der Waals surface area (Å²) in [4.78, 5) is 27.4. The molecule has 29 heavy (non-hydrogen) atoms. The summed E-state index contributed by atoms with van der Waals surface area (Å²) in [6.07, 6.45) is 6.80. The predicted molar refractivity (Wildman–Crippen MR) is 112 cm³/mol. The van der Waals surface area contributed by atoms with Crippen LogP contribution in [0.1, 0.15) is 81.4 Å². The Labute approximate surface area is 173 Å². The summed E-state index contributed by atoms with van der Waals surface area (Å²) >= 11 is 0. The maximum atomic E-state index is 12.7. The van der Waals surface area contributed by atoms with Crippen molar-refractivity contribution in [2.75, 3.05) is 13.1 Å². The lowest BCUT2D eigenvalue weighted by molar-refractivity contribution is -0.125. The van der Waals surface area contributed by atoms with Gasteiger partial charge in [0.1, 0.15) is 5.69 Å². The zero-order valence-corrected chi connectivity index (χ0v) is 18.2. The molecule has 0 unspecified atom stereocenters. The number of carbonyl (C=O) groups is 2. The van der Waals surface area contributed by atoms with Crippen molar-refractivity contribution in [3.8, 4) is 0 Å². The number of hydrogen-bond donors (Lipinski definition) is 2. The zero-order chi connectivity index (χ0) is 20.8. The van der Waals surface area contributed by atoms with Gasteiger partial charge in [-0.1, -0.05) is 0 Å². The molecule has 7 nitrogen and oxygen atoms in total. The molecule has 2 aliphatic heterocycles. The second-order valence-corrected chi connectivity index (χ2v) is 10.3. The number of aromatic nitrogens is 2. The van der Waals surface area contributed by atoms with Crippen molar-refractivity contribution in [1.29, 1.82) is 0 Å². The van der Waals surface area contributed by atoms with E-state index in [4.69, 9.17) is 0 Å². The SMILES string of the molecule is Cn1nc(C2CC2)cc1C(=O)NC[C@@H]1C[C@H]2CC[C@@H](C1)N2CC(=O)NC(C)(C)C. The van der Waals surface area contributed by atoms with Crippen LogP contribution in [0.15, 0.2) is 6.07 Å². The van der Waals surface area contributed by atoms with Crippen LogP contribution in [-0.4, -0.2) is 57.2 Å². The highest BCUT2D eigenvalue weighted by Crippen LogP contribution is 2.40. The molecule has 2 saturated heterocycles. The van der Waals surface area contributed by atoms with E-state index < -0.39 is 0 Å². The molecule has 0 radical (unpaired) electrons. The summed E-state index contributed by atoms with van der Waals surface area (Å²) in [6.45, 7) is 7.25. The quantitative estimate of drug-likeness (QED) is 0.766. The van der Waals surface area contributed by atoms with Gasteiger partial charge in [0.05, 0.1) is 12.2 Å². The van der Waals surface area contributed by atoms with E-state index >= 15 is 0 Å². The van der Waals surface area contributed by atoms with Crippen LogP contribution in [0.5, 0.6) is 0 Å². The predicted octanol–water partition coefficient (Wildman–Crippen LogP) is 2.18. The summed E-state index contributed by atoms with van der Waals surface area (Å²) in [5.74, 6) is 1.13. The lowest BCUT2D eigenvalue weighted by Crippen LogP contribution is -2.52. The van der Waals surface area contributed by atoms with Gasteiger partial charge in [-0.25, -0.2) is 0 Å². The van der Waals surface area contributed by atoms with E-state index in [1.165, 1.54) is 12.8 Å². The Morgan fingerprint density at radius 1 is 1.14 bits per heavy atom. The van der Waals surface area contributed by atoms with Gasteiger partial charge in [-0.2, -0.15) is 5.10 Å². The molecule has 1 saturated carbocycles. The fraction of sp³-hybridized carbons (Fsp3) is 0.773. The van der Waals surface area contributed by atoms with Crippen LogP contribution < -0.4 is 10.6 Å². The van der Waals surface area contributed by atoms with Crippen molar-refractivity contribution >= 4 is 11.8 Å². The van der Waals surface area contributed by atoms with Gasteiger partial charge in [0.25, 0.3) is 5.91 Å². The third-order valence-corrected chi connectivity index (χ3v) is 6.50. The molecule has 160 valence electrons. The first-order chi connectivity index (χ1) is 13.7. The molecule has 3 atom stereocenters. The van der Waals surface area contributed by atoms with E-state index in [2.05, 4.69) is 20.6 Å². The van der Waals surface area contributed by atoms with Crippen LogP contribution in [0.3, 0.4) is 0 Å². The van der Waals surface area contributed by atoms with Gasteiger partial charge in [0.2, 0.25) is 5.91 Å². The van der Waals surface area contributed by atoms with Crippen LogP contribution in [0.4, 0.5) is 0 Å². The van der Waals surface area contributed by atoms with E-state index in [1.54, 1.807) is 4.68 Å². The monoisotopic (exact) mass is 401 g/mol. The summed E-state index contributed by atoms with van der Waals surface area (Å²) in [5.41, 5.74) is 1.52. The third kappa shape index (κ3) is 4.82. The molecule has 7 heteroatoms. The molecule has 0 spiro atoms. The van der Waals surface area contributed by atoms with E-state index in [9.17, 15) is 9.59 Å². The molecule has 3 aliphatic rings. The minimum absolute atomic E-state index is 0.0220. The Bertz CT molecular complexity index is 763. The number of aryl methyl sites for hydroxylation is 1. The van der Waals surface area contributed by atoms with Gasteiger partial charge < -0.3 is 10.6 Å². The highest BCUT2D eigenvalue weighted by Gasteiger charge is 2.41. The van der Waals surface area contributed by atoms with Crippen molar-refractivity contribution in [3.63, 3.8) is 0 Å². The summed E-state index contributed by atoms with van der Waals surface area (Å²) in [6, 6.07) is 2.87. The maximum absolute atomic E-state index is 12.7. The number of carbonyl (C=O) groups excluding carboxylic acids is 2. The highest BCUT2D eigenvalue weighted by molar-refractivity contribution is 5.92. The first-order valence-electron chi connectivity index (χ1n) is 11.1. The highest BCUT2D eigenvalue weighted by atomic mass is 16.2. The Morgan fingerprint density at radius 2 is 1.79 bits per heavy atom. The number of rotatable bonds is 6. The molecule has 2 N–H and O–H groups in total. The molecular weight excluding hydrogens is 366 g/mol. The minimum atomic E-state index is -0.191. The minimum Gasteiger partial charge on any atom is -0.350 e. The van der Waals surface area contributed by atoms with E-state index in [0.717, 1.165) is 31.4 Å². The van der Waals surface area contributed by atoms with Gasteiger partial charge >= 0.3 is 0 Å². The van der Waals surface area contributed by atoms with E-state index in [0.29, 0.717) is 42.7 Å². The third-order valence-electron chi connectivity index (χ3n) is 6.50. The lowest BCUT2D eigenvalue weighted by Gasteiger charge is -2.39. The van der Waals surface area contributed by atoms with Crippen molar-refractivity contribution in [2.24, 2.45) is 13.0 Å². The molecule has 1 aromatic rings. The molecule has 1 aliphatic carbocycles. The van der Waals surface area contributed by atoms with Gasteiger partial charge in [0, 0.05) is 37.1 Å². The lowest BCUT2D eigenvalue weighted by atomic mass is 9.90. The average Bonchev–Trinajstić information content (AvgIpc) is 3.36. The van der Waals surface area contributed by atoms with Crippen molar-refractivity contribution in [1.82, 2.24) is 25.3 Å². The number of piperidine rings is 1. The summed E-state index contributed by atoms with van der Waals surface area (Å²) in [5, 5.41) is 10.7. The Kier molecular flexibility index (Phi) is 5.44. The van der Waals surface area contributed by atoms with E-state index in [1.807, 2.05) is 33.9 Å². The Morgan fingerprint density at radius 3 is 2.38 bits per heavy atom. The molecule has 4 rings (SSSR count). The van der Waals surface area contributed by atoms with Gasteiger partial charge in [-0.15, -0.1) is 0 Å². The standard InChI is InChI=1S/C22H35N5O2/c1-22(2,3)24-20(28)13-27-16-7-8-17(27)10-14(9-16)12-23-21(29)19-11-18(15-5-6-15)25-26(19)4/h11,14-17H,5-10,12-13H2,1-4H3,(H,23,29)(H,24,28)/t14-,16-,17+. The fourth-order valence-corrected chi connectivity index (χ4v) is 5.04. The van der Waals surface area contributed by atoms with Crippen LogP contribution >= 0.6 is 0 Å². The second-order valence-electron chi connectivity index (χ2n) is 10.3. The van der Waals surface area contributed by atoms with Crippen LogP contribution in [0, 0.1) is 5.92 Å². The van der Waals surface area contributed by atoms with Crippen LogP contribution in [0.25, 0.3) is 0 Å². The molecule has 2 amide bonds. The normalized spacial score (nSPS) is 27.1. The number of hydrogen-bond acceptors (Lipinski definition) is 4. The fourth-order valence-electron chi connectivity index (χ4n) is 5.04. The summed E-state index contributed by atoms with van der Waals surface area (Å²) < 4.78 is 1.71. The largest absolute Gasteiger partial charge is 0.350 e. The maximum Gasteiger partial charge on any atom is 0.269 e. The molecule has 3 heterocycles. The van der Waals surface area contributed by atoms with Gasteiger partial charge in [-0.05, 0) is 71.3 Å². The van der Waals surface area contributed by atoms with Crippen LogP contribution in [0.2, 0.25) is 0 Å². The molecule has 2 bridgehead atoms. The number of nitrogens with zero attached hydrogens (tertiary/aromatic N) is 3. The molecule has 0 aromatic carbocycles. The number of fused-ring (bicyclic) bond motifs is 2. The number of amides is 2. The first-order valence-corrected chi connectivity index (χ1v) is 11.1. The molecular formula is C22H35N5O2. The van der Waals surface area contributed by atoms with E-state index in [-0.39, 0.29) is 17.4 Å². The zero-order valence-electron chi connectivity index (χ0n) is 18.2. The molecule has 3 fully saturated rings. The topological polar surface area (TPSA) is 79.3 Å². The van der Waals surface area contributed by atoms with Crippen LogP contribution in [-0.2, 0) is 11.8 Å². The second kappa shape index (κ2) is 7.74. The Balaban J connectivity index is 1.28. The van der Waals surface area contributed by atoms with Crippen molar-refractivity contribution in [2.45, 2.75) is 82.8 Å². The van der Waals surface area contributed by atoms with Crippen molar-refractivity contribution < 1.29 is 9.59 Å². The summed E-state index contributed by atoms with van der Waals surface area (Å²) in [7, 11) is 1.85. The smallest absolute Gasteiger partial charge is 0.269 e. The average molecular weight is 402 g/mol. The van der Waals surface area contributed by atoms with Crippen molar-refractivity contribution in [3.05, 3.63) is 17.5 Å². The number of nitrogens with one attached hydrogen (secondary N) is 2.